The van der Waals surface area contributed by atoms with Crippen molar-refractivity contribution in [1.82, 2.24) is 9.97 Å². The van der Waals surface area contributed by atoms with E-state index in [4.69, 9.17) is 16.3 Å². The van der Waals surface area contributed by atoms with Crippen molar-refractivity contribution in [1.29, 1.82) is 0 Å². The van der Waals surface area contributed by atoms with Gasteiger partial charge >= 0.3 is 0 Å². The molecule has 0 aliphatic heterocycles. The molecular weight excluding hydrogens is 280 g/mol. The number of aliphatic hydroxyl groups is 2. The summed E-state index contributed by atoms with van der Waals surface area (Å²) in [4.78, 5) is 8.30. The Bertz CT molecular complexity index is 656. The number of ether oxygens (including phenoxy) is 1. The van der Waals surface area contributed by atoms with Gasteiger partial charge in [-0.2, -0.15) is 0 Å². The number of aromatic nitrogens is 2. The summed E-state index contributed by atoms with van der Waals surface area (Å²) < 4.78 is 5.74. The molecule has 2 N–H and O–H groups in total. The summed E-state index contributed by atoms with van der Waals surface area (Å²) >= 11 is 5.94. The summed E-state index contributed by atoms with van der Waals surface area (Å²) in [7, 11) is 0. The normalized spacial score (nSPS) is 18.0. The molecule has 0 amide bonds. The maximum Gasteiger partial charge on any atom is 0.223 e. The highest BCUT2D eigenvalue weighted by Crippen LogP contribution is 2.35. The first-order valence-corrected chi connectivity index (χ1v) is 6.83. The summed E-state index contributed by atoms with van der Waals surface area (Å²) in [6, 6.07) is 1.65. The van der Waals surface area contributed by atoms with Crippen molar-refractivity contribution in [2.24, 2.45) is 0 Å². The lowest BCUT2D eigenvalue weighted by molar-refractivity contribution is -0.00134. The van der Waals surface area contributed by atoms with E-state index in [2.05, 4.69) is 9.97 Å². The first-order chi connectivity index (χ1) is 9.51. The van der Waals surface area contributed by atoms with Gasteiger partial charge in [0.2, 0.25) is 5.88 Å². The zero-order chi connectivity index (χ0) is 14.3. The molecule has 0 aromatic carbocycles. The summed E-state index contributed by atoms with van der Waals surface area (Å²) in [5, 5.41) is 21.3. The monoisotopic (exact) mass is 294 g/mol. The second kappa shape index (κ2) is 4.84. The van der Waals surface area contributed by atoms with Gasteiger partial charge in [-0.15, -0.1) is 0 Å². The average molecular weight is 295 g/mol. The van der Waals surface area contributed by atoms with Crippen LogP contribution >= 0.6 is 11.6 Å². The minimum absolute atomic E-state index is 0.214. The zero-order valence-corrected chi connectivity index (χ0v) is 11.8. The van der Waals surface area contributed by atoms with Crippen LogP contribution < -0.4 is 4.74 Å². The molecule has 1 atom stereocenters. The fourth-order valence-corrected chi connectivity index (χ4v) is 2.20. The van der Waals surface area contributed by atoms with Gasteiger partial charge in [-0.1, -0.05) is 11.6 Å². The Labute approximate surface area is 121 Å². The highest BCUT2D eigenvalue weighted by atomic mass is 35.5. The summed E-state index contributed by atoms with van der Waals surface area (Å²) in [5.41, 5.74) is -0.893. The second-order valence-corrected chi connectivity index (χ2v) is 5.67. The van der Waals surface area contributed by atoms with Crippen molar-refractivity contribution in [3.63, 3.8) is 0 Å². The molecule has 1 aliphatic carbocycles. The first kappa shape index (κ1) is 13.5. The van der Waals surface area contributed by atoms with Crippen LogP contribution in [0.3, 0.4) is 0 Å². The lowest BCUT2D eigenvalue weighted by Crippen LogP contribution is -2.26. The van der Waals surface area contributed by atoms with E-state index in [1.807, 2.05) is 0 Å². The third-order valence-electron chi connectivity index (χ3n) is 3.39. The molecule has 5 nitrogen and oxygen atoms in total. The third-order valence-corrected chi connectivity index (χ3v) is 3.60. The summed E-state index contributed by atoms with van der Waals surface area (Å²) in [6.45, 7) is 1.12. The van der Waals surface area contributed by atoms with Gasteiger partial charge in [-0.25, -0.2) is 9.97 Å². The van der Waals surface area contributed by atoms with Gasteiger partial charge in [0.15, 0.2) is 0 Å². The van der Waals surface area contributed by atoms with Gasteiger partial charge in [0.05, 0.1) is 12.0 Å². The van der Waals surface area contributed by atoms with Gasteiger partial charge in [-0.05, 0) is 31.2 Å². The number of pyridine rings is 2. The van der Waals surface area contributed by atoms with Crippen LogP contribution in [-0.2, 0) is 5.60 Å². The molecule has 1 fully saturated rings. The molecule has 2 aromatic rings. The van der Waals surface area contributed by atoms with E-state index in [1.165, 1.54) is 13.1 Å². The van der Waals surface area contributed by atoms with Crippen molar-refractivity contribution in [2.45, 2.75) is 31.5 Å². The number of rotatable bonds is 4. The molecule has 3 rings (SSSR count). The smallest absolute Gasteiger partial charge is 0.223 e. The van der Waals surface area contributed by atoms with E-state index in [0.29, 0.717) is 27.4 Å². The Morgan fingerprint density at radius 2 is 2.10 bits per heavy atom. The maximum atomic E-state index is 10.3. The Morgan fingerprint density at radius 3 is 2.75 bits per heavy atom. The number of halogens is 1. The maximum absolute atomic E-state index is 10.3. The molecule has 2 aromatic heterocycles. The van der Waals surface area contributed by atoms with Crippen LogP contribution in [-0.4, -0.2) is 32.9 Å². The van der Waals surface area contributed by atoms with Crippen LogP contribution in [0.25, 0.3) is 10.8 Å². The van der Waals surface area contributed by atoms with Crippen molar-refractivity contribution in [3.05, 3.63) is 29.2 Å². The van der Waals surface area contributed by atoms with E-state index in [1.54, 1.807) is 12.3 Å². The second-order valence-electron chi connectivity index (χ2n) is 5.28. The third kappa shape index (κ3) is 2.44. The molecule has 1 saturated carbocycles. The van der Waals surface area contributed by atoms with Gasteiger partial charge < -0.3 is 14.9 Å². The lowest BCUT2D eigenvalue weighted by Gasteiger charge is -2.23. The van der Waals surface area contributed by atoms with Crippen molar-refractivity contribution in [2.75, 3.05) is 6.61 Å². The van der Waals surface area contributed by atoms with Crippen LogP contribution in [0.4, 0.5) is 0 Å². The molecule has 1 aliphatic rings. The predicted molar refractivity (Wildman–Crippen MR) is 74.9 cm³/mol. The molecule has 20 heavy (non-hydrogen) atoms. The quantitative estimate of drug-likeness (QED) is 0.844. The van der Waals surface area contributed by atoms with Crippen molar-refractivity contribution >= 4 is 22.4 Å². The van der Waals surface area contributed by atoms with Gasteiger partial charge in [-0.3, -0.25) is 0 Å². The molecule has 0 bridgehead atoms. The molecule has 2 heterocycles. The zero-order valence-electron chi connectivity index (χ0n) is 11.0. The van der Waals surface area contributed by atoms with Gasteiger partial charge in [0, 0.05) is 18.0 Å². The molecule has 0 radical (unpaired) electrons. The summed E-state index contributed by atoms with van der Waals surface area (Å²) in [5.74, 6) is 0.490. The summed E-state index contributed by atoms with van der Waals surface area (Å²) in [6.07, 6.45) is 5.37. The molecule has 6 heteroatoms. The van der Waals surface area contributed by atoms with Crippen LogP contribution in [0, 0.1) is 0 Å². The molecule has 106 valence electrons. The van der Waals surface area contributed by atoms with Crippen LogP contribution in [0.2, 0.25) is 5.15 Å². The number of hydrogen-bond donors (Lipinski definition) is 2. The molecule has 0 spiro atoms. The first-order valence-electron chi connectivity index (χ1n) is 6.46. The SMILES string of the molecule is C[C@](O)(CO)c1cnc(OC2CC2)c2cnc(Cl)cc12. The number of aliphatic hydroxyl groups excluding tert-OH is 1. The van der Waals surface area contributed by atoms with E-state index >= 15 is 0 Å². The fraction of sp³-hybridized carbons (Fsp3) is 0.429. The van der Waals surface area contributed by atoms with Crippen molar-refractivity contribution in [3.8, 4) is 5.88 Å². The standard InChI is InChI=1S/C14H15ClN2O3/c1-14(19,7-18)11-6-17-13(20-8-2-3-8)10-5-16-12(15)4-9(10)11/h4-6,8,18-19H,2-3,7H2,1H3/t14-/m0/s1. The van der Waals surface area contributed by atoms with Crippen LogP contribution in [0.15, 0.2) is 18.5 Å². The van der Waals surface area contributed by atoms with E-state index in [0.717, 1.165) is 12.8 Å². The van der Waals surface area contributed by atoms with E-state index in [9.17, 15) is 10.2 Å². The van der Waals surface area contributed by atoms with Gasteiger partial charge in [0.25, 0.3) is 0 Å². The Morgan fingerprint density at radius 1 is 1.35 bits per heavy atom. The average Bonchev–Trinajstić information content (AvgIpc) is 3.22. The van der Waals surface area contributed by atoms with Crippen LogP contribution in [0.5, 0.6) is 5.88 Å². The minimum Gasteiger partial charge on any atom is -0.474 e. The predicted octanol–water partition coefficient (Wildman–Crippen LogP) is 2.02. The Hall–Kier alpha value is -1.43. The highest BCUT2D eigenvalue weighted by molar-refractivity contribution is 6.30. The molecule has 0 saturated heterocycles. The van der Waals surface area contributed by atoms with E-state index < -0.39 is 12.2 Å². The Kier molecular flexibility index (Phi) is 3.28. The number of fused-ring (bicyclic) bond motifs is 1. The molecular formula is C14H15ClN2O3. The fourth-order valence-electron chi connectivity index (χ4n) is 2.04. The van der Waals surface area contributed by atoms with Gasteiger partial charge in [0.1, 0.15) is 16.9 Å². The number of nitrogens with zero attached hydrogens (tertiary/aromatic N) is 2. The van der Waals surface area contributed by atoms with E-state index in [-0.39, 0.29) is 6.10 Å². The largest absolute Gasteiger partial charge is 0.474 e. The minimum atomic E-state index is -1.39. The molecule has 0 unspecified atom stereocenters. The number of hydrogen-bond acceptors (Lipinski definition) is 5. The lowest BCUT2D eigenvalue weighted by atomic mass is 9.94. The van der Waals surface area contributed by atoms with Crippen molar-refractivity contribution < 1.29 is 14.9 Å². The highest BCUT2D eigenvalue weighted by Gasteiger charge is 2.29. The Balaban J connectivity index is 2.19. The topological polar surface area (TPSA) is 75.5 Å². The van der Waals surface area contributed by atoms with Crippen LogP contribution in [0.1, 0.15) is 25.3 Å².